The number of hydrogen-bond acceptors (Lipinski definition) is 4. The fourth-order valence-corrected chi connectivity index (χ4v) is 4.87. The summed E-state index contributed by atoms with van der Waals surface area (Å²) in [5, 5.41) is 2.91. The number of halogens is 2. The quantitative estimate of drug-likeness (QED) is 0.628. The van der Waals surface area contributed by atoms with Crippen molar-refractivity contribution in [2.24, 2.45) is 5.92 Å². The molecule has 29 heavy (non-hydrogen) atoms. The minimum absolute atomic E-state index is 0.00188. The van der Waals surface area contributed by atoms with Crippen molar-refractivity contribution >= 4 is 39.1 Å². The van der Waals surface area contributed by atoms with Gasteiger partial charge in [-0.1, -0.05) is 41.4 Å². The zero-order chi connectivity index (χ0) is 21.2. The Morgan fingerprint density at radius 1 is 1.21 bits per heavy atom. The third-order valence-electron chi connectivity index (χ3n) is 4.89. The topological polar surface area (TPSA) is 84.5 Å². The summed E-state index contributed by atoms with van der Waals surface area (Å²) in [4.78, 5) is 12.4. The molecule has 9 heteroatoms. The minimum Gasteiger partial charge on any atom is -0.496 e. The van der Waals surface area contributed by atoms with E-state index in [0.29, 0.717) is 17.2 Å². The van der Waals surface area contributed by atoms with E-state index < -0.39 is 15.9 Å². The molecule has 1 saturated carbocycles. The van der Waals surface area contributed by atoms with Crippen LogP contribution in [-0.4, -0.2) is 27.5 Å². The van der Waals surface area contributed by atoms with Gasteiger partial charge in [0.05, 0.1) is 22.7 Å². The van der Waals surface area contributed by atoms with E-state index in [9.17, 15) is 13.2 Å². The van der Waals surface area contributed by atoms with Gasteiger partial charge in [0.15, 0.2) is 0 Å². The second-order valence-corrected chi connectivity index (χ2v) is 9.55. The molecule has 2 N–H and O–H groups in total. The first-order valence-electron chi connectivity index (χ1n) is 9.14. The van der Waals surface area contributed by atoms with Crippen LogP contribution in [-0.2, 0) is 16.6 Å². The maximum absolute atomic E-state index is 12.8. The first-order chi connectivity index (χ1) is 13.7. The number of rotatable bonds is 8. The van der Waals surface area contributed by atoms with Crippen LogP contribution in [0, 0.1) is 5.92 Å². The molecule has 0 aliphatic heterocycles. The average molecular weight is 457 g/mol. The Morgan fingerprint density at radius 3 is 2.55 bits per heavy atom. The molecule has 1 amide bonds. The summed E-state index contributed by atoms with van der Waals surface area (Å²) in [5.41, 5.74) is 0.737. The maximum atomic E-state index is 12.8. The van der Waals surface area contributed by atoms with Gasteiger partial charge in [0, 0.05) is 18.2 Å². The second kappa shape index (κ2) is 8.92. The Labute approximate surface area is 180 Å². The molecule has 0 aromatic heterocycles. The first-order valence-corrected chi connectivity index (χ1v) is 11.4. The number of sulfonamides is 1. The molecule has 1 aliphatic rings. The molecule has 1 atom stereocenters. The van der Waals surface area contributed by atoms with Gasteiger partial charge in [-0.15, -0.1) is 0 Å². The number of nitrogens with one attached hydrogen (secondary N) is 2. The molecule has 156 valence electrons. The largest absolute Gasteiger partial charge is 0.496 e. The van der Waals surface area contributed by atoms with Crippen LogP contribution in [0.2, 0.25) is 10.0 Å². The van der Waals surface area contributed by atoms with Gasteiger partial charge in [-0.3, -0.25) is 4.79 Å². The smallest absolute Gasteiger partial charge is 0.253 e. The Morgan fingerprint density at radius 2 is 1.90 bits per heavy atom. The van der Waals surface area contributed by atoms with Gasteiger partial charge >= 0.3 is 0 Å². The standard InChI is InChI=1S/C20H22Cl2N2O4S/c1-12(13-7-8-13)24-20(25)15-9-19(17(22)10-16(15)21)29(26,27)23-11-14-5-3-4-6-18(14)28-2/h3-6,9-10,12-13,23H,7-8,11H2,1-2H3,(H,24,25)/t12-/m0/s1. The molecule has 0 radical (unpaired) electrons. The van der Waals surface area contributed by atoms with E-state index in [2.05, 4.69) is 10.0 Å². The molecule has 0 unspecified atom stereocenters. The number of amides is 1. The fraction of sp³-hybridized carbons (Fsp3) is 0.350. The van der Waals surface area contributed by atoms with Crippen molar-refractivity contribution in [2.75, 3.05) is 7.11 Å². The van der Waals surface area contributed by atoms with Crippen molar-refractivity contribution in [1.29, 1.82) is 0 Å². The highest BCUT2D eigenvalue weighted by Crippen LogP contribution is 2.33. The summed E-state index contributed by atoms with van der Waals surface area (Å²) in [6.07, 6.45) is 2.14. The number of ether oxygens (including phenoxy) is 1. The van der Waals surface area contributed by atoms with Crippen LogP contribution in [0.4, 0.5) is 0 Å². The summed E-state index contributed by atoms with van der Waals surface area (Å²) in [7, 11) is -2.48. The highest BCUT2D eigenvalue weighted by Gasteiger charge is 2.30. The Bertz CT molecular complexity index is 1020. The summed E-state index contributed by atoms with van der Waals surface area (Å²) in [6, 6.07) is 9.55. The zero-order valence-electron chi connectivity index (χ0n) is 16.0. The minimum atomic E-state index is -4.00. The molecule has 0 bridgehead atoms. The second-order valence-electron chi connectivity index (χ2n) is 7.00. The van der Waals surface area contributed by atoms with Gasteiger partial charge < -0.3 is 10.1 Å². The van der Waals surface area contributed by atoms with Gasteiger partial charge in [-0.25, -0.2) is 13.1 Å². The van der Waals surface area contributed by atoms with Crippen molar-refractivity contribution in [3.63, 3.8) is 0 Å². The molecule has 0 saturated heterocycles. The fourth-order valence-electron chi connectivity index (χ4n) is 3.01. The van der Waals surface area contributed by atoms with E-state index in [-0.39, 0.29) is 33.1 Å². The van der Waals surface area contributed by atoms with Crippen molar-refractivity contribution < 1.29 is 17.9 Å². The summed E-state index contributed by atoms with van der Waals surface area (Å²) in [6.45, 7) is 1.93. The van der Waals surface area contributed by atoms with E-state index in [4.69, 9.17) is 27.9 Å². The Balaban J connectivity index is 1.83. The summed E-state index contributed by atoms with van der Waals surface area (Å²) < 4.78 is 33.4. The Kier molecular flexibility index (Phi) is 6.73. The molecule has 0 heterocycles. The van der Waals surface area contributed by atoms with Gasteiger partial charge in [-0.05, 0) is 43.9 Å². The first kappa shape index (κ1) is 21.9. The maximum Gasteiger partial charge on any atom is 0.253 e. The molecule has 2 aromatic rings. The van der Waals surface area contributed by atoms with Crippen molar-refractivity contribution in [1.82, 2.24) is 10.0 Å². The normalized spacial score (nSPS) is 15.0. The Hall–Kier alpha value is -1.80. The molecule has 0 spiro atoms. The monoisotopic (exact) mass is 456 g/mol. The third-order valence-corrected chi connectivity index (χ3v) is 7.07. The molecule has 1 aliphatic carbocycles. The van der Waals surface area contributed by atoms with Crippen LogP contribution in [0.25, 0.3) is 0 Å². The van der Waals surface area contributed by atoms with E-state index in [0.717, 1.165) is 12.8 Å². The van der Waals surface area contributed by atoms with Crippen molar-refractivity contribution in [3.05, 3.63) is 57.6 Å². The van der Waals surface area contributed by atoms with Crippen LogP contribution in [0.15, 0.2) is 41.3 Å². The number of carbonyl (C=O) groups is 1. The number of para-hydroxylation sites is 1. The van der Waals surface area contributed by atoms with E-state index >= 15 is 0 Å². The number of carbonyl (C=O) groups excluding carboxylic acids is 1. The SMILES string of the molecule is COc1ccccc1CNS(=O)(=O)c1cc(C(=O)N[C@@H](C)C2CC2)c(Cl)cc1Cl. The van der Waals surface area contributed by atoms with Crippen LogP contribution < -0.4 is 14.8 Å². The van der Waals surface area contributed by atoms with E-state index in [1.165, 1.54) is 19.2 Å². The predicted molar refractivity (Wildman–Crippen MR) is 113 cm³/mol. The molecule has 3 rings (SSSR count). The predicted octanol–water partition coefficient (Wildman–Crippen LogP) is 4.01. The van der Waals surface area contributed by atoms with Gasteiger partial charge in [0.25, 0.3) is 5.91 Å². The number of methoxy groups -OCH3 is 1. The summed E-state index contributed by atoms with van der Waals surface area (Å²) >= 11 is 12.3. The lowest BCUT2D eigenvalue weighted by Crippen LogP contribution is -2.34. The number of benzene rings is 2. The van der Waals surface area contributed by atoms with Gasteiger partial charge in [-0.2, -0.15) is 0 Å². The van der Waals surface area contributed by atoms with Crippen LogP contribution in [0.1, 0.15) is 35.7 Å². The highest BCUT2D eigenvalue weighted by atomic mass is 35.5. The highest BCUT2D eigenvalue weighted by molar-refractivity contribution is 7.89. The molecular weight excluding hydrogens is 435 g/mol. The van der Waals surface area contributed by atoms with Crippen molar-refractivity contribution in [3.8, 4) is 5.75 Å². The summed E-state index contributed by atoms with van der Waals surface area (Å²) in [5.74, 6) is 0.592. The molecular formula is C20H22Cl2N2O4S. The van der Waals surface area contributed by atoms with E-state index in [1.807, 2.05) is 6.92 Å². The lowest BCUT2D eigenvalue weighted by molar-refractivity contribution is 0.0936. The van der Waals surface area contributed by atoms with Crippen LogP contribution in [0.3, 0.4) is 0 Å². The van der Waals surface area contributed by atoms with E-state index in [1.54, 1.807) is 24.3 Å². The lowest BCUT2D eigenvalue weighted by atomic mass is 10.1. The molecule has 6 nitrogen and oxygen atoms in total. The molecule has 1 fully saturated rings. The number of hydrogen-bond donors (Lipinski definition) is 2. The van der Waals surface area contributed by atoms with Crippen LogP contribution in [0.5, 0.6) is 5.75 Å². The zero-order valence-corrected chi connectivity index (χ0v) is 18.4. The van der Waals surface area contributed by atoms with Gasteiger partial charge in [0.1, 0.15) is 10.6 Å². The third kappa shape index (κ3) is 5.22. The van der Waals surface area contributed by atoms with Crippen molar-refractivity contribution in [2.45, 2.75) is 37.2 Å². The van der Waals surface area contributed by atoms with Crippen LogP contribution >= 0.6 is 23.2 Å². The average Bonchev–Trinajstić information content (AvgIpc) is 3.51. The lowest BCUT2D eigenvalue weighted by Gasteiger charge is -2.15. The molecule has 2 aromatic carbocycles. The van der Waals surface area contributed by atoms with Gasteiger partial charge in [0.2, 0.25) is 10.0 Å².